The van der Waals surface area contributed by atoms with Crippen LogP contribution in [-0.2, 0) is 0 Å². The van der Waals surface area contributed by atoms with E-state index in [1.54, 1.807) is 17.8 Å². The van der Waals surface area contributed by atoms with Gasteiger partial charge in [0.1, 0.15) is 17.1 Å². The number of carbonyl (C=O) groups excluding carboxylic acids is 1. The summed E-state index contributed by atoms with van der Waals surface area (Å²) in [7, 11) is 0. The van der Waals surface area contributed by atoms with Crippen molar-refractivity contribution < 1.29 is 23.8 Å². The van der Waals surface area contributed by atoms with Crippen LogP contribution in [0.4, 0.5) is 9.18 Å². The number of nitrogens with one attached hydrogen (secondary N) is 2. The summed E-state index contributed by atoms with van der Waals surface area (Å²) in [5.41, 5.74) is 0.0188. The highest BCUT2D eigenvalue weighted by molar-refractivity contribution is 7.98. The van der Waals surface area contributed by atoms with Crippen LogP contribution in [0.5, 0.6) is 11.6 Å². The number of hydrogen-bond acceptors (Lipinski definition) is 5. The Bertz CT molecular complexity index is 888. The predicted octanol–water partition coefficient (Wildman–Crippen LogP) is 4.04. The Morgan fingerprint density at radius 1 is 1.17 bits per heavy atom. The van der Waals surface area contributed by atoms with E-state index >= 15 is 0 Å². The van der Waals surface area contributed by atoms with Gasteiger partial charge in [-0.3, -0.25) is 4.79 Å². The standard InChI is InChI=1S/C20H22FN3O4S/c1-29-16-4-2-3-15(10-16)28-19-17(9-12(21)11-22-19)18(25)23-13-5-7-14(8-6-13)24-20(26)27/h2-4,9-11,13-14,24H,5-8H2,1H3,(H,23,25)(H,26,27). The minimum atomic E-state index is -1.05. The topological polar surface area (TPSA) is 101 Å². The van der Waals surface area contributed by atoms with Gasteiger partial charge in [-0.2, -0.15) is 0 Å². The number of carbonyl (C=O) groups is 2. The predicted molar refractivity (Wildman–Crippen MR) is 107 cm³/mol. The van der Waals surface area contributed by atoms with Crippen molar-refractivity contribution in [2.75, 3.05) is 6.26 Å². The molecule has 1 aromatic heterocycles. The normalized spacial score (nSPS) is 18.7. The highest BCUT2D eigenvalue weighted by atomic mass is 32.2. The van der Waals surface area contributed by atoms with E-state index in [0.29, 0.717) is 31.4 Å². The van der Waals surface area contributed by atoms with E-state index in [2.05, 4.69) is 15.6 Å². The Labute approximate surface area is 172 Å². The molecule has 0 aliphatic heterocycles. The van der Waals surface area contributed by atoms with Crippen molar-refractivity contribution in [2.24, 2.45) is 0 Å². The summed E-state index contributed by atoms with van der Waals surface area (Å²) in [6.07, 6.45) is 4.42. The minimum Gasteiger partial charge on any atom is -0.465 e. The lowest BCUT2D eigenvalue weighted by molar-refractivity contribution is 0.0919. The van der Waals surface area contributed by atoms with Gasteiger partial charge in [0.05, 0.1) is 6.20 Å². The van der Waals surface area contributed by atoms with Crippen LogP contribution in [0, 0.1) is 5.82 Å². The second kappa shape index (κ2) is 9.60. The largest absolute Gasteiger partial charge is 0.465 e. The third-order valence-electron chi connectivity index (χ3n) is 4.71. The lowest BCUT2D eigenvalue weighted by atomic mass is 9.91. The molecule has 2 amide bonds. The van der Waals surface area contributed by atoms with Gasteiger partial charge in [0.2, 0.25) is 5.88 Å². The Morgan fingerprint density at radius 3 is 2.52 bits per heavy atom. The number of nitrogens with zero attached hydrogens (tertiary/aromatic N) is 1. The van der Waals surface area contributed by atoms with Crippen molar-refractivity contribution in [3.05, 3.63) is 47.9 Å². The van der Waals surface area contributed by atoms with Gasteiger partial charge in [-0.15, -0.1) is 11.8 Å². The SMILES string of the molecule is CSc1cccc(Oc2ncc(F)cc2C(=O)NC2CCC(NC(=O)O)CC2)c1. The minimum absolute atomic E-state index is 0.0188. The monoisotopic (exact) mass is 419 g/mol. The number of pyridine rings is 1. The first-order chi connectivity index (χ1) is 13.9. The first-order valence-corrected chi connectivity index (χ1v) is 10.4. The number of hydrogen-bond donors (Lipinski definition) is 3. The zero-order valence-electron chi connectivity index (χ0n) is 15.9. The molecule has 1 saturated carbocycles. The van der Waals surface area contributed by atoms with Crippen LogP contribution in [0.3, 0.4) is 0 Å². The van der Waals surface area contributed by atoms with Crippen LogP contribution in [0.1, 0.15) is 36.0 Å². The fourth-order valence-electron chi connectivity index (χ4n) is 3.27. The van der Waals surface area contributed by atoms with Crippen LogP contribution >= 0.6 is 11.8 Å². The van der Waals surface area contributed by atoms with Crippen LogP contribution < -0.4 is 15.4 Å². The van der Waals surface area contributed by atoms with Crippen LogP contribution in [0.2, 0.25) is 0 Å². The zero-order chi connectivity index (χ0) is 20.8. The van der Waals surface area contributed by atoms with Gasteiger partial charge in [0.15, 0.2) is 0 Å². The third kappa shape index (κ3) is 5.83. The van der Waals surface area contributed by atoms with Crippen molar-refractivity contribution in [1.29, 1.82) is 0 Å². The number of amides is 2. The van der Waals surface area contributed by atoms with E-state index in [4.69, 9.17) is 9.84 Å². The summed E-state index contributed by atoms with van der Waals surface area (Å²) in [5, 5.41) is 14.1. The Balaban J connectivity index is 1.68. The summed E-state index contributed by atoms with van der Waals surface area (Å²) in [6, 6.07) is 8.18. The van der Waals surface area contributed by atoms with Gasteiger partial charge in [0.25, 0.3) is 5.91 Å². The molecular formula is C20H22FN3O4S. The Morgan fingerprint density at radius 2 is 1.86 bits per heavy atom. The Hall–Kier alpha value is -2.81. The summed E-state index contributed by atoms with van der Waals surface area (Å²) >= 11 is 1.55. The molecule has 0 radical (unpaired) electrons. The summed E-state index contributed by atoms with van der Waals surface area (Å²) < 4.78 is 19.5. The number of benzene rings is 1. The van der Waals surface area contributed by atoms with Crippen molar-refractivity contribution in [2.45, 2.75) is 42.7 Å². The molecule has 154 valence electrons. The Kier molecular flexibility index (Phi) is 6.92. The molecule has 1 aliphatic carbocycles. The molecule has 3 N–H and O–H groups in total. The summed E-state index contributed by atoms with van der Waals surface area (Å²) in [4.78, 5) is 28.4. The molecule has 0 unspecified atom stereocenters. The highest BCUT2D eigenvalue weighted by Gasteiger charge is 2.25. The van der Waals surface area contributed by atoms with Crippen molar-refractivity contribution >= 4 is 23.8 Å². The van der Waals surface area contributed by atoms with Crippen molar-refractivity contribution in [3.63, 3.8) is 0 Å². The van der Waals surface area contributed by atoms with E-state index in [1.807, 2.05) is 24.5 Å². The summed E-state index contributed by atoms with van der Waals surface area (Å²) in [5.74, 6) is -0.564. The summed E-state index contributed by atoms with van der Waals surface area (Å²) in [6.45, 7) is 0. The molecule has 3 rings (SSSR count). The fourth-order valence-corrected chi connectivity index (χ4v) is 3.72. The molecule has 0 atom stereocenters. The number of rotatable bonds is 6. The molecule has 1 fully saturated rings. The lowest BCUT2D eigenvalue weighted by Gasteiger charge is -2.29. The maximum absolute atomic E-state index is 13.8. The molecule has 7 nitrogen and oxygen atoms in total. The molecule has 0 saturated heterocycles. The van der Waals surface area contributed by atoms with Crippen LogP contribution in [0.25, 0.3) is 0 Å². The number of halogens is 1. The molecule has 1 aromatic carbocycles. The van der Waals surface area contributed by atoms with Crippen molar-refractivity contribution in [3.8, 4) is 11.6 Å². The average molecular weight is 419 g/mol. The molecular weight excluding hydrogens is 397 g/mol. The van der Waals surface area contributed by atoms with E-state index in [0.717, 1.165) is 17.2 Å². The highest BCUT2D eigenvalue weighted by Crippen LogP contribution is 2.27. The van der Waals surface area contributed by atoms with E-state index < -0.39 is 17.8 Å². The van der Waals surface area contributed by atoms with E-state index in [9.17, 15) is 14.0 Å². The quantitative estimate of drug-likeness (QED) is 0.611. The molecule has 9 heteroatoms. The van der Waals surface area contributed by atoms with Crippen LogP contribution in [-0.4, -0.2) is 40.4 Å². The number of ether oxygens (including phenoxy) is 1. The van der Waals surface area contributed by atoms with Gasteiger partial charge >= 0.3 is 6.09 Å². The average Bonchev–Trinajstić information content (AvgIpc) is 2.70. The molecule has 1 heterocycles. The smallest absolute Gasteiger partial charge is 0.404 e. The zero-order valence-corrected chi connectivity index (χ0v) is 16.7. The van der Waals surface area contributed by atoms with Gasteiger partial charge < -0.3 is 20.5 Å². The molecule has 29 heavy (non-hydrogen) atoms. The maximum Gasteiger partial charge on any atom is 0.404 e. The first-order valence-electron chi connectivity index (χ1n) is 9.22. The maximum atomic E-state index is 13.8. The van der Waals surface area contributed by atoms with E-state index in [1.165, 1.54) is 0 Å². The van der Waals surface area contributed by atoms with Gasteiger partial charge in [0, 0.05) is 17.0 Å². The molecule has 2 aromatic rings. The number of thioether (sulfide) groups is 1. The number of carboxylic acid groups (broad SMARTS) is 1. The molecule has 0 bridgehead atoms. The fraction of sp³-hybridized carbons (Fsp3) is 0.350. The number of aromatic nitrogens is 1. The van der Waals surface area contributed by atoms with Gasteiger partial charge in [-0.1, -0.05) is 6.07 Å². The lowest BCUT2D eigenvalue weighted by Crippen LogP contribution is -2.43. The third-order valence-corrected chi connectivity index (χ3v) is 5.43. The first kappa shape index (κ1) is 20.9. The second-order valence-electron chi connectivity index (χ2n) is 6.76. The molecule has 1 aliphatic rings. The second-order valence-corrected chi connectivity index (χ2v) is 7.64. The van der Waals surface area contributed by atoms with Gasteiger partial charge in [-0.05, 0) is 56.2 Å². The van der Waals surface area contributed by atoms with Crippen LogP contribution in [0.15, 0.2) is 41.4 Å². The van der Waals surface area contributed by atoms with Crippen molar-refractivity contribution in [1.82, 2.24) is 15.6 Å². The molecule has 0 spiro atoms. The van der Waals surface area contributed by atoms with Gasteiger partial charge in [-0.25, -0.2) is 14.2 Å². The van der Waals surface area contributed by atoms with E-state index in [-0.39, 0.29) is 23.5 Å².